The van der Waals surface area contributed by atoms with Gasteiger partial charge in [-0.2, -0.15) is 0 Å². The van der Waals surface area contributed by atoms with Crippen molar-refractivity contribution in [3.63, 3.8) is 0 Å². The van der Waals surface area contributed by atoms with E-state index in [9.17, 15) is 19.8 Å². The molecule has 1 atom stereocenters. The van der Waals surface area contributed by atoms with Crippen LogP contribution in [0.5, 0.6) is 0 Å². The summed E-state index contributed by atoms with van der Waals surface area (Å²) < 4.78 is 2.40. The molecular weight excluding hydrogens is 466 g/mol. The summed E-state index contributed by atoms with van der Waals surface area (Å²) in [6, 6.07) is 6.38. The Kier molecular flexibility index (Phi) is 6.19. The first-order valence-corrected chi connectivity index (χ1v) is 10.7. The van der Waals surface area contributed by atoms with Crippen molar-refractivity contribution in [1.82, 2.24) is 19.4 Å². The third-order valence-electron chi connectivity index (χ3n) is 5.44. The molecule has 1 aromatic carbocycles. The molecule has 0 saturated carbocycles. The van der Waals surface area contributed by atoms with Crippen molar-refractivity contribution >= 4 is 44.7 Å². The van der Waals surface area contributed by atoms with E-state index < -0.39 is 18.0 Å². The highest BCUT2D eigenvalue weighted by Gasteiger charge is 2.32. The molecule has 1 saturated heterocycles. The second-order valence-corrected chi connectivity index (χ2v) is 8.35. The van der Waals surface area contributed by atoms with Crippen molar-refractivity contribution < 1.29 is 19.8 Å². The highest BCUT2D eigenvalue weighted by Crippen LogP contribution is 2.33. The van der Waals surface area contributed by atoms with Gasteiger partial charge in [-0.05, 0) is 24.6 Å². The first-order chi connectivity index (χ1) is 14.9. The number of carboxylic acids is 2. The minimum absolute atomic E-state index is 0.238. The lowest BCUT2D eigenvalue weighted by Gasteiger charge is -2.27. The van der Waals surface area contributed by atoms with E-state index >= 15 is 0 Å². The van der Waals surface area contributed by atoms with Gasteiger partial charge in [-0.1, -0.05) is 22.0 Å². The zero-order valence-electron chi connectivity index (χ0n) is 16.7. The molecule has 3 aromatic rings. The van der Waals surface area contributed by atoms with Gasteiger partial charge in [-0.3, -0.25) is 14.5 Å². The SMILES string of the molecule is O=C(O)Cn1cc([C@H](C(=O)O)N2CCCN(c3ncccn3)CC2)c2ccc(Br)cc21. The molecule has 162 valence electrons. The fraction of sp³-hybridized carbons (Fsp3) is 0.333. The maximum absolute atomic E-state index is 12.4. The number of carboxylic acid groups (broad SMARTS) is 2. The molecule has 0 amide bonds. The fourth-order valence-corrected chi connectivity index (χ4v) is 4.47. The zero-order chi connectivity index (χ0) is 22.0. The standard InChI is InChI=1S/C21H22BrN5O4/c22-14-3-4-15-16(12-27(13-18(28)29)17(15)11-14)19(20(30)31)25-7-2-8-26(10-9-25)21-23-5-1-6-24-21/h1,3-6,11-12,19H,2,7-10,13H2,(H,28,29)(H,30,31)/t19-/m1/s1. The van der Waals surface area contributed by atoms with Gasteiger partial charge in [-0.25, -0.2) is 9.97 Å². The van der Waals surface area contributed by atoms with Gasteiger partial charge in [0.05, 0.1) is 5.52 Å². The molecule has 3 heterocycles. The predicted octanol–water partition coefficient (Wildman–Crippen LogP) is 2.62. The summed E-state index contributed by atoms with van der Waals surface area (Å²) in [4.78, 5) is 36.3. The molecule has 1 aliphatic rings. The van der Waals surface area contributed by atoms with Crippen molar-refractivity contribution in [1.29, 1.82) is 0 Å². The lowest BCUT2D eigenvalue weighted by Crippen LogP contribution is -2.37. The van der Waals surface area contributed by atoms with Gasteiger partial charge in [0, 0.05) is 60.2 Å². The Morgan fingerprint density at radius 2 is 1.87 bits per heavy atom. The number of aliphatic carboxylic acids is 2. The molecule has 1 aliphatic heterocycles. The van der Waals surface area contributed by atoms with E-state index in [0.29, 0.717) is 36.7 Å². The largest absolute Gasteiger partial charge is 0.480 e. The number of carbonyl (C=O) groups is 2. The topological polar surface area (TPSA) is 112 Å². The first-order valence-electron chi connectivity index (χ1n) is 9.93. The minimum atomic E-state index is -0.983. The van der Waals surface area contributed by atoms with Gasteiger partial charge in [-0.15, -0.1) is 0 Å². The van der Waals surface area contributed by atoms with Crippen molar-refractivity contribution in [2.75, 3.05) is 31.1 Å². The summed E-state index contributed by atoms with van der Waals surface area (Å²) in [6.07, 6.45) is 5.81. The van der Waals surface area contributed by atoms with Crippen molar-refractivity contribution in [3.8, 4) is 0 Å². The Balaban J connectivity index is 1.67. The second-order valence-electron chi connectivity index (χ2n) is 7.43. The Morgan fingerprint density at radius 1 is 1.10 bits per heavy atom. The predicted molar refractivity (Wildman–Crippen MR) is 118 cm³/mol. The van der Waals surface area contributed by atoms with Crippen LogP contribution in [0.2, 0.25) is 0 Å². The molecule has 2 N–H and O–H groups in total. The van der Waals surface area contributed by atoms with E-state index in [4.69, 9.17) is 0 Å². The van der Waals surface area contributed by atoms with Gasteiger partial charge in [0.15, 0.2) is 0 Å². The first kappa shape index (κ1) is 21.3. The Bertz CT molecular complexity index is 1100. The van der Waals surface area contributed by atoms with Crippen LogP contribution in [0.1, 0.15) is 18.0 Å². The third kappa shape index (κ3) is 4.54. The zero-order valence-corrected chi connectivity index (χ0v) is 18.3. The molecule has 10 heteroatoms. The number of benzene rings is 1. The Labute approximate surface area is 187 Å². The maximum atomic E-state index is 12.4. The summed E-state index contributed by atoms with van der Waals surface area (Å²) in [6.45, 7) is 2.23. The molecule has 9 nitrogen and oxygen atoms in total. The van der Waals surface area contributed by atoms with Gasteiger partial charge in [0.25, 0.3) is 0 Å². The summed E-state index contributed by atoms with van der Waals surface area (Å²) in [7, 11) is 0. The van der Waals surface area contributed by atoms with Gasteiger partial charge in [0.1, 0.15) is 12.6 Å². The fourth-order valence-electron chi connectivity index (χ4n) is 4.12. The molecule has 0 radical (unpaired) electrons. The van der Waals surface area contributed by atoms with Crippen LogP contribution >= 0.6 is 15.9 Å². The minimum Gasteiger partial charge on any atom is -0.480 e. The number of anilines is 1. The number of fused-ring (bicyclic) bond motifs is 1. The number of hydrogen-bond donors (Lipinski definition) is 2. The molecule has 0 unspecified atom stereocenters. The monoisotopic (exact) mass is 487 g/mol. The number of rotatable bonds is 6. The molecule has 4 rings (SSSR count). The summed E-state index contributed by atoms with van der Waals surface area (Å²) in [5.74, 6) is -1.30. The number of aromatic nitrogens is 3. The highest BCUT2D eigenvalue weighted by atomic mass is 79.9. The number of nitrogens with zero attached hydrogens (tertiary/aromatic N) is 5. The summed E-state index contributed by atoms with van der Waals surface area (Å²) in [5, 5.41) is 20.2. The van der Waals surface area contributed by atoms with Crippen LogP contribution < -0.4 is 4.90 Å². The van der Waals surface area contributed by atoms with Crippen LogP contribution in [-0.4, -0.2) is 67.8 Å². The van der Waals surface area contributed by atoms with E-state index in [2.05, 4.69) is 30.8 Å². The van der Waals surface area contributed by atoms with E-state index in [0.717, 1.165) is 22.8 Å². The van der Waals surface area contributed by atoms with Crippen LogP contribution in [0.4, 0.5) is 5.95 Å². The number of halogens is 1. The molecule has 0 bridgehead atoms. The van der Waals surface area contributed by atoms with Crippen LogP contribution in [0, 0.1) is 0 Å². The summed E-state index contributed by atoms with van der Waals surface area (Å²) in [5.41, 5.74) is 1.29. The van der Waals surface area contributed by atoms with Crippen LogP contribution in [-0.2, 0) is 16.1 Å². The van der Waals surface area contributed by atoms with E-state index in [1.54, 1.807) is 29.2 Å². The lowest BCUT2D eigenvalue weighted by atomic mass is 10.0. The quantitative estimate of drug-likeness (QED) is 0.545. The van der Waals surface area contributed by atoms with Gasteiger partial charge in [0.2, 0.25) is 5.95 Å². The maximum Gasteiger partial charge on any atom is 0.325 e. The highest BCUT2D eigenvalue weighted by molar-refractivity contribution is 9.10. The van der Waals surface area contributed by atoms with Crippen LogP contribution in [0.15, 0.2) is 47.3 Å². The van der Waals surface area contributed by atoms with Crippen LogP contribution in [0.25, 0.3) is 10.9 Å². The van der Waals surface area contributed by atoms with E-state index in [1.165, 1.54) is 0 Å². The molecular formula is C21H22BrN5O4. The van der Waals surface area contributed by atoms with Crippen molar-refractivity contribution in [3.05, 3.63) is 52.9 Å². The van der Waals surface area contributed by atoms with Crippen molar-refractivity contribution in [2.24, 2.45) is 0 Å². The lowest BCUT2D eigenvalue weighted by molar-refractivity contribution is -0.143. The van der Waals surface area contributed by atoms with E-state index in [1.807, 2.05) is 23.1 Å². The molecule has 31 heavy (non-hydrogen) atoms. The molecule has 2 aromatic heterocycles. The smallest absolute Gasteiger partial charge is 0.325 e. The average Bonchev–Trinajstić information content (AvgIpc) is 2.91. The average molecular weight is 488 g/mol. The van der Waals surface area contributed by atoms with Gasteiger partial charge >= 0.3 is 11.9 Å². The number of hydrogen-bond acceptors (Lipinski definition) is 6. The summed E-state index contributed by atoms with van der Waals surface area (Å²) >= 11 is 3.42. The van der Waals surface area contributed by atoms with E-state index in [-0.39, 0.29) is 6.54 Å². The Morgan fingerprint density at radius 3 is 2.58 bits per heavy atom. The van der Waals surface area contributed by atoms with Gasteiger partial charge < -0.3 is 19.7 Å². The third-order valence-corrected chi connectivity index (χ3v) is 5.93. The van der Waals surface area contributed by atoms with Crippen LogP contribution in [0.3, 0.4) is 0 Å². The molecule has 0 spiro atoms. The van der Waals surface area contributed by atoms with Crippen molar-refractivity contribution in [2.45, 2.75) is 19.0 Å². The second kappa shape index (κ2) is 9.03. The normalized spacial score (nSPS) is 16.2. The molecule has 0 aliphatic carbocycles. The Hall–Kier alpha value is -2.98. The molecule has 1 fully saturated rings.